The SMILES string of the molecule is C=CCc1c(C(C)C=C)nnn1C1CCCCC1. The van der Waals surface area contributed by atoms with Crippen LogP contribution in [0, 0.1) is 0 Å². The van der Waals surface area contributed by atoms with Crippen molar-refractivity contribution in [3.05, 3.63) is 36.7 Å². The van der Waals surface area contributed by atoms with Gasteiger partial charge in [0.15, 0.2) is 0 Å². The molecule has 1 aliphatic carbocycles. The van der Waals surface area contributed by atoms with E-state index in [-0.39, 0.29) is 5.92 Å². The van der Waals surface area contributed by atoms with E-state index < -0.39 is 0 Å². The molecule has 0 aromatic carbocycles. The first-order valence-corrected chi connectivity index (χ1v) is 6.95. The highest BCUT2D eigenvalue weighted by Gasteiger charge is 2.22. The summed E-state index contributed by atoms with van der Waals surface area (Å²) in [6.45, 7) is 9.83. The highest BCUT2D eigenvalue weighted by molar-refractivity contribution is 5.21. The number of nitrogens with zero attached hydrogens (tertiary/aromatic N) is 3. The summed E-state index contributed by atoms with van der Waals surface area (Å²) in [5.74, 6) is 0.261. The molecule has 0 aliphatic heterocycles. The second-order valence-electron chi connectivity index (χ2n) is 5.17. The van der Waals surface area contributed by atoms with Crippen molar-refractivity contribution in [2.24, 2.45) is 0 Å². The third kappa shape index (κ3) is 2.55. The Morgan fingerprint density at radius 3 is 2.67 bits per heavy atom. The number of aromatic nitrogens is 3. The maximum atomic E-state index is 4.40. The van der Waals surface area contributed by atoms with Crippen LogP contribution in [0.2, 0.25) is 0 Å². The molecule has 2 rings (SSSR count). The Morgan fingerprint density at radius 1 is 1.33 bits per heavy atom. The molecule has 1 aliphatic rings. The summed E-state index contributed by atoms with van der Waals surface area (Å²) in [7, 11) is 0. The molecular weight excluding hydrogens is 222 g/mol. The maximum absolute atomic E-state index is 4.40. The van der Waals surface area contributed by atoms with Gasteiger partial charge in [0.05, 0.1) is 17.4 Å². The fourth-order valence-electron chi connectivity index (χ4n) is 2.74. The number of hydrogen-bond acceptors (Lipinski definition) is 2. The van der Waals surface area contributed by atoms with Crippen LogP contribution in [0.5, 0.6) is 0 Å². The molecular formula is C15H23N3. The van der Waals surface area contributed by atoms with Crippen molar-refractivity contribution in [2.45, 2.75) is 57.4 Å². The molecule has 1 saturated carbocycles. The van der Waals surface area contributed by atoms with Crippen molar-refractivity contribution in [3.63, 3.8) is 0 Å². The van der Waals surface area contributed by atoms with Gasteiger partial charge in [-0.15, -0.1) is 18.3 Å². The van der Waals surface area contributed by atoms with Gasteiger partial charge in [0, 0.05) is 12.3 Å². The van der Waals surface area contributed by atoms with E-state index in [9.17, 15) is 0 Å². The van der Waals surface area contributed by atoms with E-state index in [0.29, 0.717) is 6.04 Å². The van der Waals surface area contributed by atoms with Crippen LogP contribution >= 0.6 is 0 Å². The zero-order valence-electron chi connectivity index (χ0n) is 11.3. The Kier molecular flexibility index (Phi) is 4.34. The normalized spacial score (nSPS) is 18.5. The minimum Gasteiger partial charge on any atom is -0.246 e. The van der Waals surface area contributed by atoms with Gasteiger partial charge in [-0.05, 0) is 12.8 Å². The Bertz CT molecular complexity index is 413. The van der Waals surface area contributed by atoms with Gasteiger partial charge in [0.1, 0.15) is 0 Å². The van der Waals surface area contributed by atoms with Gasteiger partial charge in [-0.1, -0.05) is 43.6 Å². The first-order valence-electron chi connectivity index (χ1n) is 6.95. The molecule has 1 unspecified atom stereocenters. The number of allylic oxidation sites excluding steroid dienone is 2. The van der Waals surface area contributed by atoms with Crippen molar-refractivity contribution < 1.29 is 0 Å². The van der Waals surface area contributed by atoms with Gasteiger partial charge >= 0.3 is 0 Å². The number of hydrogen-bond donors (Lipinski definition) is 0. The third-order valence-electron chi connectivity index (χ3n) is 3.86. The van der Waals surface area contributed by atoms with Gasteiger partial charge in [-0.2, -0.15) is 0 Å². The van der Waals surface area contributed by atoms with E-state index in [1.54, 1.807) is 0 Å². The van der Waals surface area contributed by atoms with Crippen LogP contribution in [-0.2, 0) is 6.42 Å². The molecule has 0 spiro atoms. The Morgan fingerprint density at radius 2 is 2.06 bits per heavy atom. The molecule has 1 heterocycles. The molecule has 1 aromatic heterocycles. The lowest BCUT2D eigenvalue weighted by Crippen LogP contribution is -2.17. The van der Waals surface area contributed by atoms with E-state index in [2.05, 4.69) is 35.1 Å². The van der Waals surface area contributed by atoms with E-state index in [0.717, 1.165) is 12.1 Å². The molecule has 0 amide bonds. The number of rotatable bonds is 5. The predicted octanol–water partition coefficient (Wildman–Crippen LogP) is 3.80. The minimum absolute atomic E-state index is 0.261. The third-order valence-corrected chi connectivity index (χ3v) is 3.86. The molecule has 0 bridgehead atoms. The fraction of sp³-hybridized carbons (Fsp3) is 0.600. The lowest BCUT2D eigenvalue weighted by Gasteiger charge is -2.23. The van der Waals surface area contributed by atoms with Crippen LogP contribution in [0.25, 0.3) is 0 Å². The van der Waals surface area contributed by atoms with E-state index >= 15 is 0 Å². The molecule has 0 radical (unpaired) electrons. The average Bonchev–Trinajstić information content (AvgIpc) is 2.83. The largest absolute Gasteiger partial charge is 0.246 e. The molecule has 0 N–H and O–H groups in total. The van der Waals surface area contributed by atoms with Gasteiger partial charge in [0.25, 0.3) is 0 Å². The van der Waals surface area contributed by atoms with Crippen molar-refractivity contribution in [3.8, 4) is 0 Å². The van der Waals surface area contributed by atoms with Gasteiger partial charge in [-0.3, -0.25) is 0 Å². The molecule has 1 atom stereocenters. The molecule has 18 heavy (non-hydrogen) atoms. The summed E-state index contributed by atoms with van der Waals surface area (Å²) in [5.41, 5.74) is 2.29. The summed E-state index contributed by atoms with van der Waals surface area (Å²) in [5, 5.41) is 8.77. The molecule has 1 aromatic rings. The first-order chi connectivity index (χ1) is 8.77. The summed E-state index contributed by atoms with van der Waals surface area (Å²) >= 11 is 0. The van der Waals surface area contributed by atoms with Gasteiger partial charge in [-0.25, -0.2) is 4.68 Å². The second kappa shape index (κ2) is 5.98. The van der Waals surface area contributed by atoms with E-state index in [4.69, 9.17) is 0 Å². The summed E-state index contributed by atoms with van der Waals surface area (Å²) in [4.78, 5) is 0. The fourth-order valence-corrected chi connectivity index (χ4v) is 2.74. The Balaban J connectivity index is 2.31. The second-order valence-corrected chi connectivity index (χ2v) is 5.17. The van der Waals surface area contributed by atoms with Crippen molar-refractivity contribution in [1.29, 1.82) is 0 Å². The van der Waals surface area contributed by atoms with Crippen LogP contribution in [-0.4, -0.2) is 15.0 Å². The lowest BCUT2D eigenvalue weighted by molar-refractivity contribution is 0.318. The van der Waals surface area contributed by atoms with Crippen LogP contribution in [0.1, 0.15) is 62.4 Å². The van der Waals surface area contributed by atoms with E-state index in [1.165, 1.54) is 37.8 Å². The average molecular weight is 245 g/mol. The molecule has 0 saturated heterocycles. The minimum atomic E-state index is 0.261. The highest BCUT2D eigenvalue weighted by atomic mass is 15.4. The van der Waals surface area contributed by atoms with Crippen molar-refractivity contribution >= 4 is 0 Å². The Hall–Kier alpha value is -1.38. The smallest absolute Gasteiger partial charge is 0.0928 e. The van der Waals surface area contributed by atoms with Gasteiger partial charge in [0.2, 0.25) is 0 Å². The highest BCUT2D eigenvalue weighted by Crippen LogP contribution is 2.30. The summed E-state index contributed by atoms with van der Waals surface area (Å²) in [6.07, 6.45) is 11.2. The van der Waals surface area contributed by atoms with Crippen molar-refractivity contribution in [2.75, 3.05) is 0 Å². The first kappa shape index (κ1) is 13.1. The van der Waals surface area contributed by atoms with Crippen LogP contribution < -0.4 is 0 Å². The maximum Gasteiger partial charge on any atom is 0.0928 e. The summed E-state index contributed by atoms with van der Waals surface area (Å²) < 4.78 is 2.15. The zero-order chi connectivity index (χ0) is 13.0. The van der Waals surface area contributed by atoms with Gasteiger partial charge < -0.3 is 0 Å². The van der Waals surface area contributed by atoms with Crippen LogP contribution in [0.15, 0.2) is 25.3 Å². The molecule has 98 valence electrons. The quantitative estimate of drug-likeness (QED) is 0.739. The topological polar surface area (TPSA) is 30.7 Å². The van der Waals surface area contributed by atoms with Crippen LogP contribution in [0.4, 0.5) is 0 Å². The molecule has 3 heteroatoms. The standard InChI is InChI=1S/C15H23N3/c1-4-9-14-15(12(3)5-2)16-17-18(14)13-10-7-6-8-11-13/h4-5,12-13H,1-2,6-11H2,3H3. The summed E-state index contributed by atoms with van der Waals surface area (Å²) in [6, 6.07) is 0.534. The monoisotopic (exact) mass is 245 g/mol. The zero-order valence-corrected chi connectivity index (χ0v) is 11.3. The van der Waals surface area contributed by atoms with E-state index in [1.807, 2.05) is 12.2 Å². The Labute approximate surface area is 110 Å². The van der Waals surface area contributed by atoms with Crippen molar-refractivity contribution in [1.82, 2.24) is 15.0 Å². The molecule has 1 fully saturated rings. The van der Waals surface area contributed by atoms with Crippen LogP contribution in [0.3, 0.4) is 0 Å². The molecule has 3 nitrogen and oxygen atoms in total. The lowest BCUT2D eigenvalue weighted by atomic mass is 9.95. The predicted molar refractivity (Wildman–Crippen MR) is 74.7 cm³/mol.